The maximum absolute atomic E-state index is 13.2. The van der Waals surface area contributed by atoms with Crippen molar-refractivity contribution in [3.8, 4) is 0 Å². The summed E-state index contributed by atoms with van der Waals surface area (Å²) < 4.78 is 13.2. The highest BCUT2D eigenvalue weighted by molar-refractivity contribution is 6.31. The average Bonchev–Trinajstić information content (AvgIpc) is 2.63. The summed E-state index contributed by atoms with van der Waals surface area (Å²) >= 11 is 5.83. The van der Waals surface area contributed by atoms with Crippen molar-refractivity contribution in [1.82, 2.24) is 15.2 Å². The topological polar surface area (TPSA) is 48.5 Å². The van der Waals surface area contributed by atoms with Gasteiger partial charge < -0.3 is 15.1 Å². The molecule has 7 heteroatoms. The first-order valence-corrected chi connectivity index (χ1v) is 8.14. The van der Waals surface area contributed by atoms with Gasteiger partial charge >= 0.3 is 6.03 Å². The molecule has 1 aromatic carbocycles. The van der Waals surface area contributed by atoms with Crippen LogP contribution >= 0.6 is 11.6 Å². The first-order chi connectivity index (χ1) is 11.6. The Hall–Kier alpha value is -2.34. The lowest BCUT2D eigenvalue weighted by atomic mass is 10.2. The van der Waals surface area contributed by atoms with Gasteiger partial charge in [-0.25, -0.2) is 9.18 Å². The van der Waals surface area contributed by atoms with Crippen LogP contribution in [-0.4, -0.2) is 42.1 Å². The highest BCUT2D eigenvalue weighted by Crippen LogP contribution is 2.23. The Kier molecular flexibility index (Phi) is 5.15. The van der Waals surface area contributed by atoms with Crippen LogP contribution < -0.4 is 10.2 Å². The number of rotatable bonds is 3. The van der Waals surface area contributed by atoms with Crippen molar-refractivity contribution in [3.63, 3.8) is 0 Å². The number of anilines is 1. The van der Waals surface area contributed by atoms with E-state index in [1.165, 1.54) is 6.07 Å². The summed E-state index contributed by atoms with van der Waals surface area (Å²) in [6.07, 6.45) is 1.70. The van der Waals surface area contributed by atoms with Crippen LogP contribution in [0.2, 0.25) is 5.02 Å². The molecular weight excluding hydrogens is 331 g/mol. The number of nitrogens with zero attached hydrogens (tertiary/aromatic N) is 3. The number of pyridine rings is 1. The monoisotopic (exact) mass is 348 g/mol. The number of piperazine rings is 1. The van der Waals surface area contributed by atoms with Gasteiger partial charge in [0.15, 0.2) is 0 Å². The van der Waals surface area contributed by atoms with Crippen LogP contribution in [0, 0.1) is 5.82 Å². The van der Waals surface area contributed by atoms with Crippen LogP contribution in [-0.2, 0) is 6.54 Å². The summed E-state index contributed by atoms with van der Waals surface area (Å²) in [6.45, 7) is 2.97. The van der Waals surface area contributed by atoms with Crippen LogP contribution in [0.3, 0.4) is 0 Å². The van der Waals surface area contributed by atoms with Gasteiger partial charge in [-0.05, 0) is 30.3 Å². The Morgan fingerprint density at radius 2 is 2.00 bits per heavy atom. The molecule has 5 nitrogen and oxygen atoms in total. The third kappa shape index (κ3) is 3.94. The average molecular weight is 349 g/mol. The maximum atomic E-state index is 13.2. The number of hydrogen-bond acceptors (Lipinski definition) is 3. The lowest BCUT2D eigenvalue weighted by Crippen LogP contribution is -2.51. The van der Waals surface area contributed by atoms with Crippen molar-refractivity contribution in [2.75, 3.05) is 31.1 Å². The van der Waals surface area contributed by atoms with Gasteiger partial charge in [-0.1, -0.05) is 17.7 Å². The van der Waals surface area contributed by atoms with E-state index in [-0.39, 0.29) is 11.1 Å². The predicted molar refractivity (Wildman–Crippen MR) is 91.7 cm³/mol. The van der Waals surface area contributed by atoms with E-state index < -0.39 is 5.82 Å². The summed E-state index contributed by atoms with van der Waals surface area (Å²) in [7, 11) is 0. The molecule has 1 saturated heterocycles. The lowest BCUT2D eigenvalue weighted by Gasteiger charge is -2.36. The number of nitrogens with one attached hydrogen (secondary N) is 1. The molecule has 1 fully saturated rings. The van der Waals surface area contributed by atoms with Gasteiger partial charge in [0.2, 0.25) is 0 Å². The maximum Gasteiger partial charge on any atom is 0.317 e. The molecule has 0 saturated carbocycles. The molecule has 1 aliphatic rings. The Morgan fingerprint density at radius 3 is 2.67 bits per heavy atom. The molecule has 1 aliphatic heterocycles. The van der Waals surface area contributed by atoms with E-state index >= 15 is 0 Å². The summed E-state index contributed by atoms with van der Waals surface area (Å²) in [5.74, 6) is -0.423. The minimum Gasteiger partial charge on any atom is -0.368 e. The van der Waals surface area contributed by atoms with Crippen molar-refractivity contribution >= 4 is 23.3 Å². The number of amides is 2. The summed E-state index contributed by atoms with van der Waals surface area (Å²) in [5, 5.41) is 2.99. The molecule has 2 aromatic rings. The second-order valence-electron chi connectivity index (χ2n) is 5.55. The molecule has 1 N–H and O–H groups in total. The molecule has 0 spiro atoms. The third-order valence-electron chi connectivity index (χ3n) is 3.98. The minimum absolute atomic E-state index is 0.0996. The quantitative estimate of drug-likeness (QED) is 0.927. The van der Waals surface area contributed by atoms with Crippen molar-refractivity contribution in [3.05, 3.63) is 59.1 Å². The number of carbonyl (C=O) groups excluding carboxylic acids is 1. The van der Waals surface area contributed by atoms with Crippen LogP contribution in [0.4, 0.5) is 14.9 Å². The second kappa shape index (κ2) is 7.49. The van der Waals surface area contributed by atoms with Crippen molar-refractivity contribution < 1.29 is 9.18 Å². The molecule has 0 atom stereocenters. The third-order valence-corrected chi connectivity index (χ3v) is 4.27. The van der Waals surface area contributed by atoms with Gasteiger partial charge in [0, 0.05) is 38.1 Å². The number of halogens is 2. The van der Waals surface area contributed by atoms with E-state index in [1.54, 1.807) is 23.2 Å². The first kappa shape index (κ1) is 16.5. The lowest BCUT2D eigenvalue weighted by molar-refractivity contribution is 0.194. The Morgan fingerprint density at radius 1 is 1.21 bits per heavy atom. The van der Waals surface area contributed by atoms with E-state index in [0.29, 0.717) is 32.7 Å². The number of aromatic nitrogens is 1. The van der Waals surface area contributed by atoms with E-state index in [9.17, 15) is 9.18 Å². The Labute approximate surface area is 145 Å². The largest absolute Gasteiger partial charge is 0.368 e. The van der Waals surface area contributed by atoms with E-state index in [0.717, 1.165) is 11.4 Å². The summed E-state index contributed by atoms with van der Waals surface area (Å²) in [5.41, 5.74) is 1.69. The molecule has 24 heavy (non-hydrogen) atoms. The smallest absolute Gasteiger partial charge is 0.317 e. The van der Waals surface area contributed by atoms with E-state index in [4.69, 9.17) is 11.6 Å². The Balaban J connectivity index is 1.51. The molecule has 0 bridgehead atoms. The van der Waals surface area contributed by atoms with Crippen LogP contribution in [0.1, 0.15) is 5.69 Å². The van der Waals surface area contributed by atoms with Gasteiger partial charge in [0.25, 0.3) is 0 Å². The Bertz CT molecular complexity index is 705. The zero-order valence-electron chi connectivity index (χ0n) is 13.1. The first-order valence-electron chi connectivity index (χ1n) is 7.76. The minimum atomic E-state index is -0.423. The molecule has 1 aromatic heterocycles. The highest BCUT2D eigenvalue weighted by atomic mass is 35.5. The van der Waals surface area contributed by atoms with Crippen LogP contribution in [0.25, 0.3) is 0 Å². The highest BCUT2D eigenvalue weighted by Gasteiger charge is 2.21. The van der Waals surface area contributed by atoms with Crippen LogP contribution in [0.15, 0.2) is 42.6 Å². The molecule has 2 heterocycles. The van der Waals surface area contributed by atoms with Crippen molar-refractivity contribution in [1.29, 1.82) is 0 Å². The molecule has 0 radical (unpaired) electrons. The van der Waals surface area contributed by atoms with Gasteiger partial charge in [0.1, 0.15) is 5.82 Å². The zero-order valence-corrected chi connectivity index (χ0v) is 13.8. The summed E-state index contributed by atoms with van der Waals surface area (Å²) in [6, 6.07) is 10.2. The van der Waals surface area contributed by atoms with Gasteiger partial charge in [-0.15, -0.1) is 0 Å². The summed E-state index contributed by atoms with van der Waals surface area (Å²) in [4.78, 5) is 20.2. The zero-order chi connectivity index (χ0) is 16.9. The normalized spacial score (nSPS) is 14.6. The number of carbonyl (C=O) groups is 1. The number of benzene rings is 1. The van der Waals surface area contributed by atoms with Crippen molar-refractivity contribution in [2.45, 2.75) is 6.54 Å². The fraction of sp³-hybridized carbons (Fsp3) is 0.294. The van der Waals surface area contributed by atoms with Gasteiger partial charge in [-0.2, -0.15) is 0 Å². The van der Waals surface area contributed by atoms with E-state index in [2.05, 4.69) is 15.2 Å². The standard InChI is InChI=1S/C17H18ClFN4O/c18-15-11-14(4-5-16(15)19)22-7-9-23(10-8-22)17(24)21-12-13-3-1-2-6-20-13/h1-6,11H,7-10,12H2,(H,21,24). The van der Waals surface area contributed by atoms with Gasteiger partial charge in [-0.3, -0.25) is 4.98 Å². The molecule has 0 aliphatic carbocycles. The molecule has 3 rings (SSSR count). The predicted octanol–water partition coefficient (Wildman–Crippen LogP) is 2.91. The number of hydrogen-bond donors (Lipinski definition) is 1. The number of urea groups is 1. The molecule has 2 amide bonds. The molecule has 126 valence electrons. The fourth-order valence-electron chi connectivity index (χ4n) is 2.63. The van der Waals surface area contributed by atoms with Crippen LogP contribution in [0.5, 0.6) is 0 Å². The SMILES string of the molecule is O=C(NCc1ccccn1)N1CCN(c2ccc(F)c(Cl)c2)CC1. The fourth-order valence-corrected chi connectivity index (χ4v) is 2.80. The molecular formula is C17H18ClFN4O. The second-order valence-corrected chi connectivity index (χ2v) is 5.96. The molecule has 0 unspecified atom stereocenters. The van der Waals surface area contributed by atoms with Crippen molar-refractivity contribution in [2.24, 2.45) is 0 Å². The van der Waals surface area contributed by atoms with Gasteiger partial charge in [0.05, 0.1) is 17.3 Å². The van der Waals surface area contributed by atoms with E-state index in [1.807, 2.05) is 18.2 Å².